The van der Waals surface area contributed by atoms with Crippen LogP contribution in [-0.2, 0) is 20.8 Å². The van der Waals surface area contributed by atoms with Crippen LogP contribution in [0.15, 0.2) is 23.4 Å². The zero-order valence-electron chi connectivity index (χ0n) is 10.8. The Labute approximate surface area is 115 Å². The molecule has 4 N–H and O–H groups in total. The largest absolute Gasteiger partial charge is 0.321 e. The number of rotatable bonds is 7. The second kappa shape index (κ2) is 6.94. The van der Waals surface area contributed by atoms with Crippen LogP contribution in [-0.4, -0.2) is 35.7 Å². The van der Waals surface area contributed by atoms with E-state index >= 15 is 0 Å². The molecule has 2 atom stereocenters. The fraction of sp³-hybridized carbons (Fsp3) is 0.500. The Morgan fingerprint density at radius 1 is 1.53 bits per heavy atom. The standard InChI is InChI=1S/C10H18N4O3S2/c1-8(18(2)15)5-7-13-19(16,17)10-9(14-11)4-3-6-12-10/h3-4,6,8,13-14H,5,7,11H2,1-2H3. The molecule has 0 radical (unpaired) electrons. The maximum atomic E-state index is 12.0. The molecule has 1 heterocycles. The molecule has 0 aliphatic carbocycles. The fourth-order valence-electron chi connectivity index (χ4n) is 1.35. The Morgan fingerprint density at radius 3 is 2.79 bits per heavy atom. The van der Waals surface area contributed by atoms with Crippen molar-refractivity contribution in [1.82, 2.24) is 9.71 Å². The first kappa shape index (κ1) is 16.0. The number of hydrogen-bond acceptors (Lipinski definition) is 6. The van der Waals surface area contributed by atoms with E-state index in [2.05, 4.69) is 15.1 Å². The molecule has 0 fully saturated rings. The first-order chi connectivity index (χ1) is 8.88. The van der Waals surface area contributed by atoms with E-state index in [9.17, 15) is 12.6 Å². The monoisotopic (exact) mass is 306 g/mol. The van der Waals surface area contributed by atoms with E-state index in [0.717, 1.165) is 0 Å². The van der Waals surface area contributed by atoms with Gasteiger partial charge in [0.1, 0.15) is 0 Å². The zero-order valence-corrected chi connectivity index (χ0v) is 12.4. The number of hydrogen-bond donors (Lipinski definition) is 3. The van der Waals surface area contributed by atoms with Crippen molar-refractivity contribution in [2.45, 2.75) is 23.6 Å². The van der Waals surface area contributed by atoms with Gasteiger partial charge in [0.05, 0.1) is 5.69 Å². The summed E-state index contributed by atoms with van der Waals surface area (Å²) >= 11 is 0. The van der Waals surface area contributed by atoms with Crippen molar-refractivity contribution < 1.29 is 12.6 Å². The van der Waals surface area contributed by atoms with Gasteiger partial charge >= 0.3 is 0 Å². The van der Waals surface area contributed by atoms with Crippen LogP contribution in [0.3, 0.4) is 0 Å². The Morgan fingerprint density at radius 2 is 2.21 bits per heavy atom. The van der Waals surface area contributed by atoms with E-state index in [1.54, 1.807) is 19.2 Å². The van der Waals surface area contributed by atoms with E-state index in [0.29, 0.717) is 6.42 Å². The van der Waals surface area contributed by atoms with Gasteiger partial charge in [-0.05, 0) is 18.6 Å². The lowest BCUT2D eigenvalue weighted by Gasteiger charge is -2.11. The lowest BCUT2D eigenvalue weighted by Crippen LogP contribution is -2.29. The summed E-state index contributed by atoms with van der Waals surface area (Å²) in [6, 6.07) is 3.10. The van der Waals surface area contributed by atoms with Crippen molar-refractivity contribution in [2.75, 3.05) is 18.2 Å². The molecular formula is C10H18N4O3S2. The smallest absolute Gasteiger partial charge is 0.260 e. The summed E-state index contributed by atoms with van der Waals surface area (Å²) in [5.74, 6) is 5.24. The van der Waals surface area contributed by atoms with Crippen LogP contribution in [0.1, 0.15) is 13.3 Å². The van der Waals surface area contributed by atoms with Gasteiger partial charge in [0.25, 0.3) is 10.0 Å². The number of nitrogen functional groups attached to an aromatic ring is 1. The Hall–Kier alpha value is -1.03. The minimum Gasteiger partial charge on any atom is -0.321 e. The average Bonchev–Trinajstić information content (AvgIpc) is 2.38. The van der Waals surface area contributed by atoms with Crippen LogP contribution in [0.5, 0.6) is 0 Å². The molecule has 1 aromatic heterocycles. The van der Waals surface area contributed by atoms with Crippen molar-refractivity contribution >= 4 is 26.5 Å². The number of aromatic nitrogens is 1. The third kappa shape index (κ3) is 4.53. The minimum atomic E-state index is -3.73. The quantitative estimate of drug-likeness (QED) is 0.475. The number of nitrogens with one attached hydrogen (secondary N) is 2. The molecule has 0 saturated heterocycles. The highest BCUT2D eigenvalue weighted by Crippen LogP contribution is 2.16. The molecule has 0 saturated carbocycles. The van der Waals surface area contributed by atoms with Gasteiger partial charge in [0.15, 0.2) is 5.03 Å². The Balaban J connectivity index is 2.74. The van der Waals surface area contributed by atoms with E-state index in [4.69, 9.17) is 5.84 Å². The highest BCUT2D eigenvalue weighted by atomic mass is 32.2. The van der Waals surface area contributed by atoms with Gasteiger partial charge in [-0.25, -0.2) is 18.1 Å². The van der Waals surface area contributed by atoms with Crippen molar-refractivity contribution in [1.29, 1.82) is 0 Å². The van der Waals surface area contributed by atoms with Crippen LogP contribution >= 0.6 is 0 Å². The number of nitrogens with zero attached hydrogens (tertiary/aromatic N) is 1. The van der Waals surface area contributed by atoms with Crippen molar-refractivity contribution in [3.05, 3.63) is 18.3 Å². The minimum absolute atomic E-state index is 0.0708. The molecular weight excluding hydrogens is 288 g/mol. The van der Waals surface area contributed by atoms with Crippen molar-refractivity contribution in [3.63, 3.8) is 0 Å². The fourth-order valence-corrected chi connectivity index (χ4v) is 2.93. The molecule has 1 rings (SSSR count). The molecule has 2 unspecified atom stereocenters. The van der Waals surface area contributed by atoms with Crippen LogP contribution in [0.25, 0.3) is 0 Å². The molecule has 19 heavy (non-hydrogen) atoms. The first-order valence-corrected chi connectivity index (χ1v) is 8.72. The van der Waals surface area contributed by atoms with Gasteiger partial charge in [0.2, 0.25) is 0 Å². The topological polar surface area (TPSA) is 114 Å². The highest BCUT2D eigenvalue weighted by Gasteiger charge is 2.19. The number of pyridine rings is 1. The van der Waals surface area contributed by atoms with E-state index in [1.165, 1.54) is 12.3 Å². The molecule has 0 aliphatic heterocycles. The van der Waals surface area contributed by atoms with E-state index in [1.807, 2.05) is 0 Å². The second-order valence-electron chi connectivity index (χ2n) is 4.00. The number of nitrogens with two attached hydrogens (primary N) is 1. The third-order valence-electron chi connectivity index (χ3n) is 2.59. The number of anilines is 1. The maximum absolute atomic E-state index is 12.0. The second-order valence-corrected chi connectivity index (χ2v) is 7.48. The summed E-state index contributed by atoms with van der Waals surface area (Å²) in [6.07, 6.45) is 3.45. The van der Waals surface area contributed by atoms with Crippen LogP contribution in [0.2, 0.25) is 0 Å². The molecule has 7 nitrogen and oxygen atoms in total. The lowest BCUT2D eigenvalue weighted by atomic mass is 10.3. The molecule has 108 valence electrons. The van der Waals surface area contributed by atoms with E-state index < -0.39 is 20.8 Å². The third-order valence-corrected chi connectivity index (χ3v) is 5.38. The summed E-state index contributed by atoms with van der Waals surface area (Å²) in [6.45, 7) is 2.00. The average molecular weight is 306 g/mol. The Kier molecular flexibility index (Phi) is 5.85. The lowest BCUT2D eigenvalue weighted by molar-refractivity contribution is 0.574. The molecule has 0 aromatic carbocycles. The molecule has 0 amide bonds. The predicted molar refractivity (Wildman–Crippen MR) is 75.4 cm³/mol. The summed E-state index contributed by atoms with van der Waals surface area (Å²) < 4.78 is 37.6. The van der Waals surface area contributed by atoms with E-state index in [-0.39, 0.29) is 22.5 Å². The zero-order chi connectivity index (χ0) is 14.5. The predicted octanol–water partition coefficient (Wildman–Crippen LogP) is -0.197. The molecule has 9 heteroatoms. The molecule has 0 spiro atoms. The van der Waals surface area contributed by atoms with Gasteiger partial charge in [-0.2, -0.15) is 0 Å². The van der Waals surface area contributed by atoms with Gasteiger partial charge < -0.3 is 5.43 Å². The normalized spacial score (nSPS) is 14.9. The van der Waals surface area contributed by atoms with Crippen molar-refractivity contribution in [2.24, 2.45) is 5.84 Å². The molecule has 0 bridgehead atoms. The molecule has 0 aliphatic rings. The van der Waals surface area contributed by atoms with Gasteiger partial charge in [-0.15, -0.1) is 0 Å². The summed E-state index contributed by atoms with van der Waals surface area (Å²) in [5.41, 5.74) is 2.51. The van der Waals surface area contributed by atoms with Crippen molar-refractivity contribution in [3.8, 4) is 0 Å². The van der Waals surface area contributed by atoms with Crippen LogP contribution in [0.4, 0.5) is 5.69 Å². The molecule has 1 aromatic rings. The summed E-state index contributed by atoms with van der Waals surface area (Å²) in [5, 5.41) is -0.221. The van der Waals surface area contributed by atoms with Crippen LogP contribution < -0.4 is 16.0 Å². The SMILES string of the molecule is CC(CCNS(=O)(=O)c1ncccc1NN)S(C)=O. The summed E-state index contributed by atoms with van der Waals surface area (Å²) in [7, 11) is -4.70. The first-order valence-electron chi connectivity index (χ1n) is 5.62. The van der Waals surface area contributed by atoms with Gasteiger partial charge in [-0.1, -0.05) is 6.92 Å². The summed E-state index contributed by atoms with van der Waals surface area (Å²) in [4.78, 5) is 3.80. The van der Waals surface area contributed by atoms with Gasteiger partial charge in [-0.3, -0.25) is 10.1 Å². The highest BCUT2D eigenvalue weighted by molar-refractivity contribution is 7.89. The number of sulfonamides is 1. The number of hydrazine groups is 1. The maximum Gasteiger partial charge on any atom is 0.260 e. The van der Waals surface area contributed by atoms with Crippen LogP contribution in [0, 0.1) is 0 Å². The Bertz CT molecular complexity index is 547. The van der Waals surface area contributed by atoms with Gasteiger partial charge in [0, 0.05) is 35.0 Å².